The van der Waals surface area contributed by atoms with Crippen LogP contribution in [0.15, 0.2) is 54.7 Å². The summed E-state index contributed by atoms with van der Waals surface area (Å²) in [4.78, 5) is 53.6. The van der Waals surface area contributed by atoms with Crippen LogP contribution in [0.25, 0.3) is 39.0 Å². The lowest BCUT2D eigenvalue weighted by molar-refractivity contribution is -0.145. The van der Waals surface area contributed by atoms with Crippen molar-refractivity contribution < 1.29 is 32.6 Å². The molecule has 59 heavy (non-hydrogen) atoms. The van der Waals surface area contributed by atoms with Crippen molar-refractivity contribution in [3.05, 3.63) is 72.2 Å². The summed E-state index contributed by atoms with van der Waals surface area (Å²) in [6.07, 6.45) is 2.81. The fourth-order valence-corrected chi connectivity index (χ4v) is 8.94. The van der Waals surface area contributed by atoms with Crippen LogP contribution < -0.4 is 19.9 Å². The van der Waals surface area contributed by atoms with Crippen LogP contribution in [0.4, 0.5) is 26.4 Å². The Bertz CT molecular complexity index is 2650. The van der Waals surface area contributed by atoms with E-state index in [1.54, 1.807) is 36.0 Å². The molecule has 4 atom stereocenters. The number of fused-ring (bicyclic) bond motifs is 10. The predicted octanol–water partition coefficient (Wildman–Crippen LogP) is 4.26. The van der Waals surface area contributed by atoms with Crippen molar-refractivity contribution in [2.45, 2.75) is 57.0 Å². The van der Waals surface area contributed by atoms with E-state index >= 15 is 4.39 Å². The molecule has 2 fully saturated rings. The zero-order valence-corrected chi connectivity index (χ0v) is 32.6. The predicted molar refractivity (Wildman–Crippen MR) is 213 cm³/mol. The van der Waals surface area contributed by atoms with Crippen molar-refractivity contribution in [2.75, 3.05) is 62.1 Å². The van der Waals surface area contributed by atoms with E-state index < -0.39 is 35.8 Å². The van der Waals surface area contributed by atoms with Gasteiger partial charge in [0, 0.05) is 57.5 Å². The highest BCUT2D eigenvalue weighted by Gasteiger charge is 2.42. The number of likely N-dealkylation sites (N-methyl/N-ethyl adjacent to an activating group) is 1. The highest BCUT2D eigenvalue weighted by atomic mass is 19.1. The Morgan fingerprint density at radius 3 is 2.64 bits per heavy atom. The number of cyclic esters (lactones) is 1. The number of imidazole rings is 1. The van der Waals surface area contributed by atoms with Crippen molar-refractivity contribution in [2.24, 2.45) is 0 Å². The Hall–Kier alpha value is -6.43. The van der Waals surface area contributed by atoms with Crippen LogP contribution in [0.2, 0.25) is 0 Å². The molecule has 0 spiro atoms. The number of ether oxygens (including phenoxy) is 3. The van der Waals surface area contributed by atoms with E-state index in [2.05, 4.69) is 5.32 Å². The smallest absolute Gasteiger partial charge is 0.328 e. The molecule has 4 aliphatic rings. The summed E-state index contributed by atoms with van der Waals surface area (Å²) < 4.78 is 50.9. The van der Waals surface area contributed by atoms with Crippen molar-refractivity contribution in [1.29, 1.82) is 0 Å². The van der Waals surface area contributed by atoms with E-state index in [-0.39, 0.29) is 43.4 Å². The van der Waals surface area contributed by atoms with Gasteiger partial charge < -0.3 is 38.8 Å². The van der Waals surface area contributed by atoms with E-state index in [1.165, 1.54) is 24.3 Å². The van der Waals surface area contributed by atoms with E-state index in [9.17, 15) is 14.0 Å². The Morgan fingerprint density at radius 2 is 1.78 bits per heavy atom. The van der Waals surface area contributed by atoms with Crippen LogP contribution in [-0.4, -0.2) is 122 Å². The standard InChI is InChI=1S/C41H41F2N11O5/c1-22-45-30-15-24(43)14-27-29-6-4-8-35(47-29)46-25-17-33(39(55)50(2)20-26(57-3)21-52(22)36(27)30)53(19-25)37-28-18-44-54-31-10-9-23(42)16-34(31)58-12-13-59-40(56)32-7-5-11-51(32)41(48-37)49-38(28)54/h4,6,8-10,14-16,18,25-26,32-33H,5,7,11-13,17,19-21H2,1-3H3,(H,46,47). The second-order valence-electron chi connectivity index (χ2n) is 15.4. The number of pyridine rings is 1. The van der Waals surface area contributed by atoms with E-state index in [0.29, 0.717) is 89.9 Å². The number of benzene rings is 2. The number of esters is 1. The van der Waals surface area contributed by atoms with E-state index in [0.717, 1.165) is 5.52 Å². The molecule has 0 saturated carbocycles. The monoisotopic (exact) mass is 805 g/mol. The van der Waals surface area contributed by atoms with E-state index in [1.807, 2.05) is 39.5 Å². The number of hydrogen-bond acceptors (Lipinski definition) is 13. The number of halogens is 2. The van der Waals surface area contributed by atoms with E-state index in [4.69, 9.17) is 39.2 Å². The quantitative estimate of drug-likeness (QED) is 0.248. The SMILES string of the molecule is COC1CN(C)C(=O)C2CC(CN2c2nc3nc4c2cnn4-c2ccc(F)cc2OCCOC(=O)C2CCCN32)Nc2cccc(n2)-c2cc(F)cc3nc(C)n(c23)C1. The minimum Gasteiger partial charge on any atom is -0.488 e. The fourth-order valence-electron chi connectivity index (χ4n) is 8.94. The van der Waals surface area contributed by atoms with Gasteiger partial charge in [0.2, 0.25) is 11.9 Å². The summed E-state index contributed by atoms with van der Waals surface area (Å²) in [6, 6.07) is 10.9. The van der Waals surface area contributed by atoms with Gasteiger partial charge in [0.1, 0.15) is 65.8 Å². The molecule has 0 radical (unpaired) electrons. The number of methoxy groups -OCH3 is 1. The van der Waals surface area contributed by atoms with Gasteiger partial charge in [0.05, 0.1) is 41.0 Å². The zero-order chi connectivity index (χ0) is 40.5. The van der Waals surface area contributed by atoms with Crippen LogP contribution in [0.5, 0.6) is 5.75 Å². The summed E-state index contributed by atoms with van der Waals surface area (Å²) in [5, 5.41) is 8.84. The minimum absolute atomic E-state index is 0.00463. The molecular weight excluding hydrogens is 765 g/mol. The Kier molecular flexibility index (Phi) is 9.03. The molecule has 304 valence electrons. The van der Waals surface area contributed by atoms with Crippen molar-refractivity contribution in [1.82, 2.24) is 39.2 Å². The molecule has 0 aliphatic carbocycles. The first-order valence-corrected chi connectivity index (χ1v) is 19.7. The third kappa shape index (κ3) is 6.41. The molecule has 2 aromatic carbocycles. The number of rotatable bonds is 2. The maximum Gasteiger partial charge on any atom is 0.328 e. The largest absolute Gasteiger partial charge is 0.488 e. The van der Waals surface area contributed by atoms with Gasteiger partial charge in [-0.1, -0.05) is 6.07 Å². The highest BCUT2D eigenvalue weighted by Crippen LogP contribution is 2.38. The molecule has 4 aliphatic heterocycles. The lowest BCUT2D eigenvalue weighted by Gasteiger charge is -2.31. The molecule has 4 aromatic heterocycles. The number of anilines is 3. The first-order valence-electron chi connectivity index (χ1n) is 19.7. The molecular formula is C41H41F2N11O5. The third-order valence-corrected chi connectivity index (χ3v) is 11.7. The van der Waals surface area contributed by atoms with Crippen molar-refractivity contribution in [3.63, 3.8) is 0 Å². The number of nitrogens with zero attached hydrogens (tertiary/aromatic N) is 10. The number of nitrogens with one attached hydrogen (secondary N) is 1. The second-order valence-corrected chi connectivity index (χ2v) is 15.4. The van der Waals surface area contributed by atoms with Gasteiger partial charge >= 0.3 is 5.97 Å². The number of carbonyl (C=O) groups excluding carboxylic acids is 2. The lowest BCUT2D eigenvalue weighted by Crippen LogP contribution is -2.47. The molecule has 2 saturated heterocycles. The third-order valence-electron chi connectivity index (χ3n) is 11.7. The maximum absolute atomic E-state index is 15.1. The molecule has 18 heteroatoms. The average Bonchev–Trinajstić information content (AvgIpc) is 4.03. The molecule has 16 nitrogen and oxygen atoms in total. The van der Waals surface area contributed by atoms with Crippen LogP contribution in [0, 0.1) is 18.6 Å². The van der Waals surface area contributed by atoms with Gasteiger partial charge in [-0.3, -0.25) is 4.79 Å². The molecule has 1 amide bonds. The van der Waals surface area contributed by atoms with Crippen LogP contribution >= 0.6 is 0 Å². The van der Waals surface area contributed by atoms with Gasteiger partial charge in [-0.25, -0.2) is 28.2 Å². The summed E-state index contributed by atoms with van der Waals surface area (Å²) in [7, 11) is 3.36. The first-order chi connectivity index (χ1) is 28.6. The number of carbonyl (C=O) groups is 2. The Morgan fingerprint density at radius 1 is 0.915 bits per heavy atom. The molecule has 4 unspecified atom stereocenters. The number of amides is 1. The van der Waals surface area contributed by atoms with Crippen molar-refractivity contribution in [3.8, 4) is 22.7 Å². The van der Waals surface area contributed by atoms with Crippen LogP contribution in [0.1, 0.15) is 25.1 Å². The topological polar surface area (TPSA) is 158 Å². The summed E-state index contributed by atoms with van der Waals surface area (Å²) in [5.74, 6) is 0.604. The Labute approximate surface area is 336 Å². The molecule has 10 rings (SSSR count). The molecule has 8 heterocycles. The number of hydrogen-bond donors (Lipinski definition) is 1. The summed E-state index contributed by atoms with van der Waals surface area (Å²) in [5.41, 5.74) is 3.20. The summed E-state index contributed by atoms with van der Waals surface area (Å²) in [6.45, 7) is 3.25. The normalized spacial score (nSPS) is 22.2. The molecule has 6 bridgehead atoms. The maximum atomic E-state index is 15.1. The Balaban J connectivity index is 1.12. The van der Waals surface area contributed by atoms with Crippen molar-refractivity contribution >= 4 is 51.5 Å². The number of aromatic nitrogens is 7. The van der Waals surface area contributed by atoms with Gasteiger partial charge in [0.25, 0.3) is 0 Å². The number of aryl methyl sites for hydroxylation is 1. The van der Waals surface area contributed by atoms with Crippen LogP contribution in [0.3, 0.4) is 0 Å². The lowest BCUT2D eigenvalue weighted by atomic mass is 10.1. The summed E-state index contributed by atoms with van der Waals surface area (Å²) >= 11 is 0. The first kappa shape index (κ1) is 36.9. The van der Waals surface area contributed by atoms with Gasteiger partial charge in [-0.05, 0) is 56.5 Å². The highest BCUT2D eigenvalue weighted by molar-refractivity contribution is 5.95. The molecule has 6 aromatic rings. The zero-order valence-electron chi connectivity index (χ0n) is 32.6. The minimum atomic E-state index is -0.711. The van der Waals surface area contributed by atoms with Crippen LogP contribution in [-0.2, 0) is 25.6 Å². The van der Waals surface area contributed by atoms with Gasteiger partial charge in [-0.2, -0.15) is 15.1 Å². The average molecular weight is 806 g/mol. The fraction of sp³-hybridized carbons (Fsp3) is 0.390. The van der Waals surface area contributed by atoms with Gasteiger partial charge in [-0.15, -0.1) is 0 Å². The molecule has 1 N–H and O–H groups in total. The second kappa shape index (κ2) is 14.4. The van der Waals surface area contributed by atoms with Gasteiger partial charge in [0.15, 0.2) is 5.65 Å².